The predicted octanol–water partition coefficient (Wildman–Crippen LogP) is 2.08. The summed E-state index contributed by atoms with van der Waals surface area (Å²) in [6.45, 7) is 0.00838. The van der Waals surface area contributed by atoms with Crippen LogP contribution in [0.2, 0.25) is 0 Å². The third-order valence-corrected chi connectivity index (χ3v) is 2.24. The first-order valence-corrected chi connectivity index (χ1v) is 4.37. The van der Waals surface area contributed by atoms with Crippen molar-refractivity contribution in [2.75, 3.05) is 7.11 Å². The summed E-state index contributed by atoms with van der Waals surface area (Å²) in [5, 5.41) is 8.47. The number of hydrogen-bond acceptors (Lipinski definition) is 3. The predicted molar refractivity (Wildman–Crippen MR) is 49.3 cm³/mol. The van der Waals surface area contributed by atoms with Crippen LogP contribution in [0.25, 0.3) is 0 Å². The Bertz CT molecular complexity index is 306. The van der Waals surface area contributed by atoms with E-state index < -0.39 is 5.82 Å². The lowest BCUT2D eigenvalue weighted by atomic mass is 10.2. The Balaban J connectivity index is 3.15. The largest absolute Gasteiger partial charge is 0.496 e. The first-order valence-electron chi connectivity index (χ1n) is 3.58. The molecule has 0 aliphatic rings. The van der Waals surface area contributed by atoms with Gasteiger partial charge in [0.05, 0.1) is 18.1 Å². The summed E-state index contributed by atoms with van der Waals surface area (Å²) >= 11 is 3.04. The van der Waals surface area contributed by atoms with Crippen LogP contribution in [0.15, 0.2) is 16.6 Å². The van der Waals surface area contributed by atoms with E-state index in [4.69, 9.17) is 9.94 Å². The first kappa shape index (κ1) is 10.4. The van der Waals surface area contributed by atoms with Crippen LogP contribution in [0, 0.1) is 5.82 Å². The van der Waals surface area contributed by atoms with Crippen LogP contribution in [-0.4, -0.2) is 12.3 Å². The molecule has 0 bridgehead atoms. The molecule has 0 unspecified atom stereocenters. The van der Waals surface area contributed by atoms with Gasteiger partial charge < -0.3 is 9.94 Å². The zero-order valence-electron chi connectivity index (χ0n) is 6.97. The minimum atomic E-state index is -0.430. The van der Waals surface area contributed by atoms with Crippen LogP contribution in [0.1, 0.15) is 5.56 Å². The molecule has 1 aromatic rings. The molecule has 0 heterocycles. The van der Waals surface area contributed by atoms with Crippen molar-refractivity contribution in [3.63, 3.8) is 0 Å². The first-order chi connectivity index (χ1) is 6.20. The molecule has 0 fully saturated rings. The topological polar surface area (TPSA) is 41.5 Å². The van der Waals surface area contributed by atoms with Gasteiger partial charge in [0, 0.05) is 5.56 Å². The van der Waals surface area contributed by atoms with E-state index in [2.05, 4.69) is 15.9 Å². The van der Waals surface area contributed by atoms with E-state index in [9.17, 15) is 4.39 Å². The van der Waals surface area contributed by atoms with Crippen LogP contribution in [0.5, 0.6) is 5.75 Å². The Morgan fingerprint density at radius 3 is 2.85 bits per heavy atom. The van der Waals surface area contributed by atoms with E-state index in [1.165, 1.54) is 7.11 Å². The van der Waals surface area contributed by atoms with Crippen molar-refractivity contribution >= 4 is 15.9 Å². The molecule has 0 saturated carbocycles. The lowest BCUT2D eigenvalue weighted by Gasteiger charge is -2.09. The maximum atomic E-state index is 13.4. The molecular weight excluding hydrogens is 241 g/mol. The van der Waals surface area contributed by atoms with Gasteiger partial charge >= 0.3 is 0 Å². The van der Waals surface area contributed by atoms with E-state index in [0.717, 1.165) is 0 Å². The molecule has 0 spiro atoms. The highest BCUT2D eigenvalue weighted by Gasteiger charge is 2.11. The number of benzene rings is 1. The van der Waals surface area contributed by atoms with Gasteiger partial charge in [-0.15, -0.1) is 0 Å². The number of nitrogens with one attached hydrogen (secondary N) is 1. The number of ether oxygens (including phenoxy) is 1. The van der Waals surface area contributed by atoms with Gasteiger partial charge in [-0.25, -0.2) is 9.87 Å². The van der Waals surface area contributed by atoms with Crippen LogP contribution in [0.4, 0.5) is 4.39 Å². The van der Waals surface area contributed by atoms with Gasteiger partial charge in [0.15, 0.2) is 0 Å². The molecule has 3 nitrogen and oxygen atoms in total. The van der Waals surface area contributed by atoms with E-state index >= 15 is 0 Å². The van der Waals surface area contributed by atoms with Crippen molar-refractivity contribution in [3.05, 3.63) is 28.0 Å². The molecule has 0 amide bonds. The molecule has 2 N–H and O–H groups in total. The fourth-order valence-electron chi connectivity index (χ4n) is 1.01. The quantitative estimate of drug-likeness (QED) is 0.807. The Morgan fingerprint density at radius 1 is 1.62 bits per heavy atom. The highest BCUT2D eigenvalue weighted by Crippen LogP contribution is 2.27. The molecule has 0 aliphatic heterocycles. The average Bonchev–Trinajstić information content (AvgIpc) is 2.14. The monoisotopic (exact) mass is 249 g/mol. The standard InChI is InChI=1S/C8H9BrFNO2/c1-13-7-3-2-6(9)8(10)5(7)4-11-12/h2-3,11-12H,4H2,1H3. The molecule has 0 radical (unpaired) electrons. The van der Waals surface area contributed by atoms with Crippen molar-refractivity contribution in [1.29, 1.82) is 0 Å². The molecule has 0 aliphatic carbocycles. The number of rotatable bonds is 3. The zero-order valence-corrected chi connectivity index (χ0v) is 8.56. The number of hydrogen-bond donors (Lipinski definition) is 2. The van der Waals surface area contributed by atoms with Gasteiger partial charge in [0.25, 0.3) is 0 Å². The minimum Gasteiger partial charge on any atom is -0.496 e. The highest BCUT2D eigenvalue weighted by atomic mass is 79.9. The van der Waals surface area contributed by atoms with Crippen molar-refractivity contribution in [3.8, 4) is 5.75 Å². The summed E-state index contributed by atoms with van der Waals surface area (Å²) < 4.78 is 18.6. The molecule has 13 heavy (non-hydrogen) atoms. The van der Waals surface area contributed by atoms with Crippen LogP contribution in [0.3, 0.4) is 0 Å². The Hall–Kier alpha value is -0.650. The van der Waals surface area contributed by atoms with E-state index in [1.807, 2.05) is 5.48 Å². The Labute approximate surface area is 83.6 Å². The van der Waals surface area contributed by atoms with Crippen molar-refractivity contribution in [1.82, 2.24) is 5.48 Å². The second kappa shape index (κ2) is 4.55. The molecular formula is C8H9BrFNO2. The average molecular weight is 250 g/mol. The second-order valence-corrected chi connectivity index (χ2v) is 3.23. The lowest BCUT2D eigenvalue weighted by Crippen LogP contribution is -2.09. The van der Waals surface area contributed by atoms with Crippen molar-refractivity contribution in [2.24, 2.45) is 0 Å². The number of methoxy groups -OCH3 is 1. The van der Waals surface area contributed by atoms with E-state index in [-0.39, 0.29) is 6.54 Å². The summed E-state index contributed by atoms with van der Waals surface area (Å²) in [7, 11) is 1.45. The Kier molecular flexibility index (Phi) is 3.65. The van der Waals surface area contributed by atoms with Gasteiger partial charge in [-0.05, 0) is 28.1 Å². The van der Waals surface area contributed by atoms with Crippen LogP contribution >= 0.6 is 15.9 Å². The summed E-state index contributed by atoms with van der Waals surface area (Å²) in [6.07, 6.45) is 0. The summed E-state index contributed by atoms with van der Waals surface area (Å²) in [4.78, 5) is 0. The maximum Gasteiger partial charge on any atom is 0.145 e. The van der Waals surface area contributed by atoms with Gasteiger partial charge in [-0.2, -0.15) is 0 Å². The van der Waals surface area contributed by atoms with E-state index in [0.29, 0.717) is 15.8 Å². The fraction of sp³-hybridized carbons (Fsp3) is 0.250. The third-order valence-electron chi connectivity index (χ3n) is 1.63. The molecule has 0 saturated heterocycles. The summed E-state index contributed by atoms with van der Waals surface area (Å²) in [6, 6.07) is 3.18. The van der Waals surface area contributed by atoms with Gasteiger partial charge in [0.1, 0.15) is 11.6 Å². The van der Waals surface area contributed by atoms with Crippen LogP contribution < -0.4 is 10.2 Å². The minimum absolute atomic E-state index is 0.00838. The summed E-state index contributed by atoms with van der Waals surface area (Å²) in [5.41, 5.74) is 2.18. The normalized spacial score (nSPS) is 10.2. The molecule has 1 aromatic carbocycles. The molecule has 0 atom stereocenters. The smallest absolute Gasteiger partial charge is 0.145 e. The highest BCUT2D eigenvalue weighted by molar-refractivity contribution is 9.10. The summed E-state index contributed by atoms with van der Waals surface area (Å²) in [5.74, 6) is -0.0249. The number of hydroxylamine groups is 1. The molecule has 1 rings (SSSR count). The van der Waals surface area contributed by atoms with Crippen molar-refractivity contribution in [2.45, 2.75) is 6.54 Å². The van der Waals surface area contributed by atoms with Crippen molar-refractivity contribution < 1.29 is 14.3 Å². The second-order valence-electron chi connectivity index (χ2n) is 2.38. The van der Waals surface area contributed by atoms with Gasteiger partial charge in [0.2, 0.25) is 0 Å². The lowest BCUT2D eigenvalue weighted by molar-refractivity contribution is 0.158. The zero-order chi connectivity index (χ0) is 9.84. The number of halogens is 2. The maximum absolute atomic E-state index is 13.4. The fourth-order valence-corrected chi connectivity index (χ4v) is 1.38. The Morgan fingerprint density at radius 2 is 2.31 bits per heavy atom. The van der Waals surface area contributed by atoms with Crippen LogP contribution in [-0.2, 0) is 6.54 Å². The third kappa shape index (κ3) is 2.18. The molecule has 72 valence electrons. The molecule has 5 heteroatoms. The SMILES string of the molecule is COc1ccc(Br)c(F)c1CNO. The molecule has 0 aromatic heterocycles. The van der Waals surface area contributed by atoms with E-state index in [1.54, 1.807) is 12.1 Å². The van der Waals surface area contributed by atoms with Gasteiger partial charge in [-0.3, -0.25) is 0 Å². The van der Waals surface area contributed by atoms with Gasteiger partial charge in [-0.1, -0.05) is 0 Å².